The van der Waals surface area contributed by atoms with Gasteiger partial charge in [-0.15, -0.1) is 0 Å². The van der Waals surface area contributed by atoms with Crippen LogP contribution in [0.25, 0.3) is 0 Å². The highest BCUT2D eigenvalue weighted by atomic mass is 16.2. The van der Waals surface area contributed by atoms with Crippen LogP contribution in [-0.4, -0.2) is 51.0 Å². The van der Waals surface area contributed by atoms with Gasteiger partial charge in [-0.25, -0.2) is 9.78 Å². The molecule has 1 aliphatic heterocycles. The Kier molecular flexibility index (Phi) is 6.28. The molecule has 8 heteroatoms. The Labute approximate surface area is 165 Å². The number of nitrogens with zero attached hydrogens (tertiary/aromatic N) is 4. The molecule has 0 fully saturated rings. The molecule has 1 atom stereocenters. The SMILES string of the molecule is CCNC(=O)N1CCc2nc(C(=O)NC(CC)c3ncccc3C)cn2CC1. The third-order valence-corrected chi connectivity index (χ3v) is 5.02. The van der Waals surface area contributed by atoms with Crippen molar-refractivity contribution in [1.29, 1.82) is 0 Å². The van der Waals surface area contributed by atoms with Gasteiger partial charge in [0, 0.05) is 45.0 Å². The minimum Gasteiger partial charge on any atom is -0.342 e. The first-order chi connectivity index (χ1) is 13.5. The number of carbonyl (C=O) groups excluding carboxylic acids is 2. The normalized spacial score (nSPS) is 14.8. The van der Waals surface area contributed by atoms with Gasteiger partial charge >= 0.3 is 6.03 Å². The van der Waals surface area contributed by atoms with E-state index in [1.165, 1.54) is 0 Å². The van der Waals surface area contributed by atoms with Crippen LogP contribution in [0.4, 0.5) is 4.79 Å². The highest BCUT2D eigenvalue weighted by molar-refractivity contribution is 5.92. The Bertz CT molecular complexity index is 821. The molecule has 2 aromatic heterocycles. The fraction of sp³-hybridized carbons (Fsp3) is 0.500. The van der Waals surface area contributed by atoms with Gasteiger partial charge in [0.15, 0.2) is 0 Å². The second-order valence-corrected chi connectivity index (χ2v) is 6.95. The van der Waals surface area contributed by atoms with Gasteiger partial charge in [-0.2, -0.15) is 0 Å². The zero-order valence-corrected chi connectivity index (χ0v) is 16.7. The van der Waals surface area contributed by atoms with E-state index in [0.717, 1.165) is 23.5 Å². The summed E-state index contributed by atoms with van der Waals surface area (Å²) in [7, 11) is 0. The first-order valence-electron chi connectivity index (χ1n) is 9.84. The number of rotatable bonds is 5. The first-order valence-corrected chi connectivity index (χ1v) is 9.84. The minimum absolute atomic E-state index is 0.0530. The number of pyridine rings is 1. The molecule has 150 valence electrons. The summed E-state index contributed by atoms with van der Waals surface area (Å²) in [5.41, 5.74) is 2.35. The lowest BCUT2D eigenvalue weighted by atomic mass is 10.1. The lowest BCUT2D eigenvalue weighted by Gasteiger charge is -2.20. The van der Waals surface area contributed by atoms with E-state index < -0.39 is 0 Å². The zero-order chi connectivity index (χ0) is 20.1. The van der Waals surface area contributed by atoms with Gasteiger partial charge in [-0.3, -0.25) is 9.78 Å². The van der Waals surface area contributed by atoms with Crippen molar-refractivity contribution in [3.05, 3.63) is 47.3 Å². The molecule has 2 N–H and O–H groups in total. The summed E-state index contributed by atoms with van der Waals surface area (Å²) in [6.45, 7) is 8.35. The van der Waals surface area contributed by atoms with Crippen LogP contribution in [-0.2, 0) is 13.0 Å². The molecule has 0 aromatic carbocycles. The summed E-state index contributed by atoms with van der Waals surface area (Å²) >= 11 is 0. The number of aromatic nitrogens is 3. The summed E-state index contributed by atoms with van der Waals surface area (Å²) in [4.78, 5) is 35.5. The van der Waals surface area contributed by atoms with Gasteiger partial charge in [0.1, 0.15) is 11.5 Å². The molecule has 1 unspecified atom stereocenters. The molecule has 28 heavy (non-hydrogen) atoms. The quantitative estimate of drug-likeness (QED) is 0.825. The van der Waals surface area contributed by atoms with Crippen molar-refractivity contribution in [1.82, 2.24) is 30.1 Å². The van der Waals surface area contributed by atoms with E-state index in [2.05, 4.69) is 20.6 Å². The monoisotopic (exact) mass is 384 g/mol. The Morgan fingerprint density at radius 1 is 1.25 bits per heavy atom. The van der Waals surface area contributed by atoms with E-state index in [4.69, 9.17) is 0 Å². The highest BCUT2D eigenvalue weighted by Gasteiger charge is 2.23. The van der Waals surface area contributed by atoms with E-state index in [1.54, 1.807) is 17.3 Å². The van der Waals surface area contributed by atoms with Gasteiger partial charge < -0.3 is 20.1 Å². The molecule has 0 saturated carbocycles. The molecular formula is C20H28N6O2. The number of hydrogen-bond donors (Lipinski definition) is 2. The van der Waals surface area contributed by atoms with Crippen LogP contribution in [0.2, 0.25) is 0 Å². The molecule has 0 aliphatic carbocycles. The largest absolute Gasteiger partial charge is 0.342 e. The standard InChI is InChI=1S/C20H28N6O2/c1-4-15(18-14(3)7-6-9-22-18)24-19(27)16-13-26-12-11-25(20(28)21-5-2)10-8-17(26)23-16/h6-7,9,13,15H,4-5,8,10-12H2,1-3H3,(H,21,28)(H,24,27). The highest BCUT2D eigenvalue weighted by Crippen LogP contribution is 2.19. The number of fused-ring (bicyclic) bond motifs is 1. The van der Waals surface area contributed by atoms with E-state index in [0.29, 0.717) is 38.3 Å². The average molecular weight is 384 g/mol. The minimum atomic E-state index is -0.196. The van der Waals surface area contributed by atoms with Gasteiger partial charge in [-0.1, -0.05) is 13.0 Å². The van der Waals surface area contributed by atoms with Gasteiger partial charge in [0.2, 0.25) is 0 Å². The van der Waals surface area contributed by atoms with Gasteiger partial charge in [0.25, 0.3) is 5.91 Å². The zero-order valence-electron chi connectivity index (χ0n) is 16.7. The number of hydrogen-bond acceptors (Lipinski definition) is 4. The smallest absolute Gasteiger partial charge is 0.317 e. The molecule has 0 bridgehead atoms. The molecule has 8 nitrogen and oxygen atoms in total. The van der Waals surface area contributed by atoms with Crippen LogP contribution in [0.15, 0.2) is 24.5 Å². The number of urea groups is 1. The number of amides is 3. The van der Waals surface area contributed by atoms with Crippen LogP contribution >= 0.6 is 0 Å². The van der Waals surface area contributed by atoms with Crippen molar-refractivity contribution < 1.29 is 9.59 Å². The van der Waals surface area contributed by atoms with Crippen molar-refractivity contribution in [2.24, 2.45) is 0 Å². The number of imidazole rings is 1. The predicted octanol–water partition coefficient (Wildman–Crippen LogP) is 2.06. The Morgan fingerprint density at radius 2 is 2.07 bits per heavy atom. The topological polar surface area (TPSA) is 92.2 Å². The molecule has 3 rings (SSSR count). The Morgan fingerprint density at radius 3 is 2.79 bits per heavy atom. The van der Waals surface area contributed by atoms with Gasteiger partial charge in [0.05, 0.1) is 11.7 Å². The Hall–Kier alpha value is -2.90. The third-order valence-electron chi connectivity index (χ3n) is 5.02. The molecule has 2 aromatic rings. The van der Waals surface area contributed by atoms with Crippen LogP contribution in [0.3, 0.4) is 0 Å². The second kappa shape index (κ2) is 8.86. The van der Waals surface area contributed by atoms with Crippen LogP contribution in [0.5, 0.6) is 0 Å². The van der Waals surface area contributed by atoms with Crippen molar-refractivity contribution in [3.63, 3.8) is 0 Å². The third kappa shape index (κ3) is 4.32. The summed E-state index contributed by atoms with van der Waals surface area (Å²) in [5.74, 6) is 0.636. The summed E-state index contributed by atoms with van der Waals surface area (Å²) < 4.78 is 1.97. The maximum Gasteiger partial charge on any atom is 0.317 e. The summed E-state index contributed by atoms with van der Waals surface area (Å²) in [6, 6.07) is 3.69. The second-order valence-electron chi connectivity index (χ2n) is 6.95. The maximum absolute atomic E-state index is 12.8. The molecular weight excluding hydrogens is 356 g/mol. The van der Waals surface area contributed by atoms with Crippen molar-refractivity contribution in [2.75, 3.05) is 19.6 Å². The first kappa shape index (κ1) is 19.9. The predicted molar refractivity (Wildman–Crippen MR) is 106 cm³/mol. The van der Waals surface area contributed by atoms with E-state index in [9.17, 15) is 9.59 Å². The van der Waals surface area contributed by atoms with Crippen LogP contribution < -0.4 is 10.6 Å². The van der Waals surface area contributed by atoms with Crippen molar-refractivity contribution >= 4 is 11.9 Å². The molecule has 0 radical (unpaired) electrons. The molecule has 0 spiro atoms. The lowest BCUT2D eigenvalue weighted by Crippen LogP contribution is -2.41. The van der Waals surface area contributed by atoms with Crippen LogP contribution in [0.1, 0.15) is 53.9 Å². The molecule has 3 amide bonds. The fourth-order valence-corrected chi connectivity index (χ4v) is 3.46. The maximum atomic E-state index is 12.8. The number of nitrogens with one attached hydrogen (secondary N) is 2. The average Bonchev–Trinajstić information content (AvgIpc) is 3.00. The van der Waals surface area contributed by atoms with Crippen molar-refractivity contribution in [3.8, 4) is 0 Å². The molecule has 0 saturated heterocycles. The fourth-order valence-electron chi connectivity index (χ4n) is 3.46. The lowest BCUT2D eigenvalue weighted by molar-refractivity contribution is 0.0929. The van der Waals surface area contributed by atoms with E-state index in [1.807, 2.05) is 37.5 Å². The summed E-state index contributed by atoms with van der Waals surface area (Å²) in [5, 5.41) is 5.88. The van der Waals surface area contributed by atoms with E-state index >= 15 is 0 Å². The van der Waals surface area contributed by atoms with Crippen LogP contribution in [0, 0.1) is 6.92 Å². The molecule has 1 aliphatic rings. The van der Waals surface area contributed by atoms with E-state index in [-0.39, 0.29) is 18.0 Å². The van der Waals surface area contributed by atoms with Crippen molar-refractivity contribution in [2.45, 2.75) is 46.2 Å². The number of aryl methyl sites for hydroxylation is 1. The number of carbonyl (C=O) groups is 2. The van der Waals surface area contributed by atoms with Gasteiger partial charge in [-0.05, 0) is 31.9 Å². The summed E-state index contributed by atoms with van der Waals surface area (Å²) in [6.07, 6.45) is 4.90. The molecule has 3 heterocycles. The Balaban J connectivity index is 1.68.